The Balaban J connectivity index is 1.66. The van der Waals surface area contributed by atoms with Gasteiger partial charge < -0.3 is 10.2 Å². The lowest BCUT2D eigenvalue weighted by Crippen LogP contribution is -2.51. The third kappa shape index (κ3) is 2.28. The third-order valence-corrected chi connectivity index (χ3v) is 8.97. The molecule has 0 amide bonds. The maximum absolute atomic E-state index is 10.6. The fraction of sp³-hybridized carbons (Fsp3) is 0.909. The van der Waals surface area contributed by atoms with Gasteiger partial charge in [-0.15, -0.1) is 0 Å². The summed E-state index contributed by atoms with van der Waals surface area (Å²) in [6.07, 6.45) is 11.7. The molecule has 8 atom stereocenters. The van der Waals surface area contributed by atoms with Crippen LogP contribution < -0.4 is 0 Å². The Morgan fingerprint density at radius 3 is 2.54 bits per heavy atom. The van der Waals surface area contributed by atoms with Crippen molar-refractivity contribution in [1.29, 1.82) is 0 Å². The molecule has 0 aromatic rings. The van der Waals surface area contributed by atoms with Crippen LogP contribution in [0.15, 0.2) is 11.6 Å². The molecular weight excluding hydrogens is 296 g/mol. The molecule has 0 radical (unpaired) electrons. The molecule has 3 fully saturated rings. The molecule has 0 aromatic heterocycles. The molecule has 4 aliphatic carbocycles. The Bertz CT molecular complexity index is 548. The van der Waals surface area contributed by atoms with Crippen LogP contribution in [0.1, 0.15) is 79.1 Å². The number of rotatable bonds is 1. The van der Waals surface area contributed by atoms with Gasteiger partial charge in [0.05, 0.1) is 11.7 Å². The van der Waals surface area contributed by atoms with E-state index in [1.807, 2.05) is 13.8 Å². The average Bonchev–Trinajstić information content (AvgIpc) is 2.85. The smallest absolute Gasteiger partial charge is 0.0623 e. The van der Waals surface area contributed by atoms with Crippen molar-refractivity contribution in [3.05, 3.63) is 11.6 Å². The zero-order valence-electron chi connectivity index (χ0n) is 16.0. The van der Waals surface area contributed by atoms with Crippen LogP contribution >= 0.6 is 0 Å². The van der Waals surface area contributed by atoms with Gasteiger partial charge in [0, 0.05) is 0 Å². The van der Waals surface area contributed by atoms with Crippen molar-refractivity contribution in [3.63, 3.8) is 0 Å². The maximum atomic E-state index is 10.6. The summed E-state index contributed by atoms with van der Waals surface area (Å²) in [5.74, 6) is 2.62. The molecular formula is C22H36O2. The third-order valence-electron chi connectivity index (χ3n) is 8.97. The SMILES string of the molecule is CC(O)[C@H]1CC[C@H]2[C@@H]3CC[C@H]4C[C@](C)(O)CC[C@]4(C)C3=CC[C@]12C. The first kappa shape index (κ1) is 17.1. The molecule has 1 unspecified atom stereocenters. The second-order valence-electron chi connectivity index (χ2n) is 10.4. The van der Waals surface area contributed by atoms with Crippen molar-refractivity contribution < 1.29 is 10.2 Å². The highest BCUT2D eigenvalue weighted by Gasteiger charge is 2.58. The van der Waals surface area contributed by atoms with Crippen molar-refractivity contribution in [2.45, 2.75) is 90.8 Å². The van der Waals surface area contributed by atoms with Gasteiger partial charge in [-0.2, -0.15) is 0 Å². The Labute approximate surface area is 147 Å². The first-order valence-electron chi connectivity index (χ1n) is 10.3. The van der Waals surface area contributed by atoms with E-state index < -0.39 is 5.60 Å². The molecule has 136 valence electrons. The fourth-order valence-electron chi connectivity index (χ4n) is 7.53. The van der Waals surface area contributed by atoms with E-state index in [0.717, 1.165) is 37.5 Å². The van der Waals surface area contributed by atoms with Crippen molar-refractivity contribution >= 4 is 0 Å². The van der Waals surface area contributed by atoms with Gasteiger partial charge in [0.15, 0.2) is 0 Å². The Hall–Kier alpha value is -0.340. The van der Waals surface area contributed by atoms with Gasteiger partial charge in [-0.25, -0.2) is 0 Å². The predicted molar refractivity (Wildman–Crippen MR) is 97.5 cm³/mol. The van der Waals surface area contributed by atoms with Crippen LogP contribution in [-0.2, 0) is 0 Å². The predicted octanol–water partition coefficient (Wildman–Crippen LogP) is 4.70. The van der Waals surface area contributed by atoms with Gasteiger partial charge >= 0.3 is 0 Å². The molecule has 3 saturated carbocycles. The van der Waals surface area contributed by atoms with Crippen LogP contribution in [0, 0.1) is 34.5 Å². The summed E-state index contributed by atoms with van der Waals surface area (Å²) in [5, 5.41) is 20.9. The molecule has 4 rings (SSSR count). The molecule has 0 aliphatic heterocycles. The van der Waals surface area contributed by atoms with Crippen LogP contribution in [0.25, 0.3) is 0 Å². The van der Waals surface area contributed by atoms with Crippen LogP contribution in [0.5, 0.6) is 0 Å². The van der Waals surface area contributed by atoms with Gasteiger partial charge in [-0.3, -0.25) is 0 Å². The molecule has 2 N–H and O–H groups in total. The van der Waals surface area contributed by atoms with Crippen molar-refractivity contribution in [2.24, 2.45) is 34.5 Å². The lowest BCUT2D eigenvalue weighted by Gasteiger charge is -2.58. The average molecular weight is 333 g/mol. The van der Waals surface area contributed by atoms with Crippen LogP contribution in [-0.4, -0.2) is 21.9 Å². The van der Waals surface area contributed by atoms with Crippen LogP contribution in [0.3, 0.4) is 0 Å². The Kier molecular flexibility index (Phi) is 3.80. The van der Waals surface area contributed by atoms with E-state index in [1.54, 1.807) is 5.57 Å². The van der Waals surface area contributed by atoms with Gasteiger partial charge in [0.25, 0.3) is 0 Å². The Morgan fingerprint density at radius 2 is 1.83 bits per heavy atom. The molecule has 0 aromatic carbocycles. The highest BCUT2D eigenvalue weighted by Crippen LogP contribution is 2.66. The molecule has 0 spiro atoms. The van der Waals surface area contributed by atoms with Crippen LogP contribution in [0.2, 0.25) is 0 Å². The molecule has 24 heavy (non-hydrogen) atoms. The second kappa shape index (κ2) is 5.33. The number of aliphatic hydroxyl groups is 2. The monoisotopic (exact) mass is 332 g/mol. The van der Waals surface area contributed by atoms with Crippen molar-refractivity contribution in [3.8, 4) is 0 Å². The summed E-state index contributed by atoms with van der Waals surface area (Å²) >= 11 is 0. The minimum atomic E-state index is -0.453. The zero-order chi connectivity index (χ0) is 17.3. The maximum Gasteiger partial charge on any atom is 0.0623 e. The number of fused-ring (bicyclic) bond motifs is 5. The van der Waals surface area contributed by atoms with Gasteiger partial charge in [-0.05, 0) is 99.7 Å². The quantitative estimate of drug-likeness (QED) is 0.683. The van der Waals surface area contributed by atoms with Gasteiger partial charge in [-0.1, -0.05) is 25.5 Å². The van der Waals surface area contributed by atoms with E-state index >= 15 is 0 Å². The van der Waals surface area contributed by atoms with E-state index in [0.29, 0.717) is 22.7 Å². The molecule has 2 heteroatoms. The van der Waals surface area contributed by atoms with Gasteiger partial charge in [0.1, 0.15) is 0 Å². The van der Waals surface area contributed by atoms with E-state index in [2.05, 4.69) is 19.9 Å². The van der Waals surface area contributed by atoms with E-state index in [4.69, 9.17) is 0 Å². The second-order valence-corrected chi connectivity index (χ2v) is 10.4. The largest absolute Gasteiger partial charge is 0.393 e. The first-order valence-corrected chi connectivity index (χ1v) is 10.3. The molecule has 0 bridgehead atoms. The molecule has 4 aliphatic rings. The number of allylic oxidation sites excluding steroid dienone is 2. The summed E-state index contributed by atoms with van der Waals surface area (Å²) in [6, 6.07) is 0. The topological polar surface area (TPSA) is 40.5 Å². The zero-order valence-corrected chi connectivity index (χ0v) is 16.0. The first-order chi connectivity index (χ1) is 11.2. The number of hydrogen-bond donors (Lipinski definition) is 2. The molecule has 0 heterocycles. The minimum Gasteiger partial charge on any atom is -0.393 e. The highest BCUT2D eigenvalue weighted by molar-refractivity contribution is 5.29. The summed E-state index contributed by atoms with van der Waals surface area (Å²) in [6.45, 7) is 8.98. The highest BCUT2D eigenvalue weighted by atomic mass is 16.3. The number of hydrogen-bond acceptors (Lipinski definition) is 2. The lowest BCUT2D eigenvalue weighted by molar-refractivity contribution is -0.0664. The fourth-order valence-corrected chi connectivity index (χ4v) is 7.53. The number of aliphatic hydroxyl groups excluding tert-OH is 1. The van der Waals surface area contributed by atoms with Crippen molar-refractivity contribution in [1.82, 2.24) is 0 Å². The van der Waals surface area contributed by atoms with Gasteiger partial charge in [0.2, 0.25) is 0 Å². The normalized spacial score (nSPS) is 55.2. The summed E-state index contributed by atoms with van der Waals surface area (Å²) in [7, 11) is 0. The molecule has 2 nitrogen and oxygen atoms in total. The van der Waals surface area contributed by atoms with E-state index in [-0.39, 0.29) is 6.10 Å². The van der Waals surface area contributed by atoms with Crippen molar-refractivity contribution in [2.75, 3.05) is 0 Å². The molecule has 0 saturated heterocycles. The summed E-state index contributed by atoms with van der Waals surface area (Å²) in [5.41, 5.74) is 1.90. The Morgan fingerprint density at radius 1 is 1.08 bits per heavy atom. The standard InChI is InChI=1S/C22H36O2/c1-14(23)17-7-8-18-16-6-5-15-13-20(2,24)11-12-21(15,3)19(16)9-10-22(17,18)4/h9,14-18,23-24H,5-8,10-13H2,1-4H3/t14?,15-,16-,17+,18-,20+,21-,22+/m0/s1. The van der Waals surface area contributed by atoms with Crippen LogP contribution in [0.4, 0.5) is 0 Å². The van der Waals surface area contributed by atoms with E-state index in [9.17, 15) is 10.2 Å². The lowest BCUT2D eigenvalue weighted by atomic mass is 9.47. The minimum absolute atomic E-state index is 0.174. The summed E-state index contributed by atoms with van der Waals surface area (Å²) < 4.78 is 0. The summed E-state index contributed by atoms with van der Waals surface area (Å²) in [4.78, 5) is 0. The van der Waals surface area contributed by atoms with E-state index in [1.165, 1.54) is 25.7 Å².